The summed E-state index contributed by atoms with van der Waals surface area (Å²) in [5.74, 6) is 0.307. The van der Waals surface area contributed by atoms with Gasteiger partial charge < -0.3 is 19.1 Å². The van der Waals surface area contributed by atoms with Crippen LogP contribution in [0.1, 0.15) is 92.4 Å². The predicted molar refractivity (Wildman–Crippen MR) is 164 cm³/mol. The lowest BCUT2D eigenvalue weighted by Gasteiger charge is -2.71. The topological polar surface area (TPSA) is 90.7 Å². The van der Waals surface area contributed by atoms with Crippen molar-refractivity contribution in [3.63, 3.8) is 0 Å². The number of rotatable bonds is 7. The van der Waals surface area contributed by atoms with Crippen LogP contribution in [0.25, 0.3) is 0 Å². The lowest BCUT2D eigenvalue weighted by Crippen LogP contribution is -2.69. The Bertz CT molecular complexity index is 1290. The molecule has 1 aliphatic heterocycles. The minimum atomic E-state index is -0.772. The van der Waals surface area contributed by atoms with E-state index in [-0.39, 0.29) is 64.9 Å². The Morgan fingerprint density at radius 1 is 1.12 bits per heavy atom. The minimum absolute atomic E-state index is 0.0189. The van der Waals surface area contributed by atoms with E-state index in [1.165, 1.54) is 0 Å². The molecule has 7 heteroatoms. The molecule has 0 unspecified atom stereocenters. The number of aliphatic hydroxyl groups excluding tert-OH is 1. The summed E-state index contributed by atoms with van der Waals surface area (Å²) >= 11 is 0. The van der Waals surface area contributed by atoms with Gasteiger partial charge in [-0.25, -0.2) is 4.98 Å². The van der Waals surface area contributed by atoms with Gasteiger partial charge in [-0.3, -0.25) is 9.59 Å². The van der Waals surface area contributed by atoms with Crippen LogP contribution in [-0.2, 0) is 25.6 Å². The third kappa shape index (κ3) is 4.34. The number of nitrogens with zero attached hydrogens (tertiary/aromatic N) is 2. The number of ether oxygens (including phenoxy) is 2. The van der Waals surface area contributed by atoms with E-state index in [1.54, 1.807) is 12.5 Å². The van der Waals surface area contributed by atoms with Crippen molar-refractivity contribution in [3.8, 4) is 0 Å². The Labute approximate surface area is 257 Å². The minimum Gasteiger partial charge on any atom is -0.465 e. The van der Waals surface area contributed by atoms with Gasteiger partial charge >= 0.3 is 11.9 Å². The molecule has 5 aliphatic rings. The number of fused-ring (bicyclic) bond motifs is 4. The number of aromatic nitrogens is 2. The van der Waals surface area contributed by atoms with E-state index < -0.39 is 16.9 Å². The van der Waals surface area contributed by atoms with Crippen molar-refractivity contribution in [1.29, 1.82) is 0 Å². The van der Waals surface area contributed by atoms with Crippen LogP contribution < -0.4 is 0 Å². The summed E-state index contributed by atoms with van der Waals surface area (Å²) in [5, 5.41) is 11.7. The quantitative estimate of drug-likeness (QED) is 0.220. The van der Waals surface area contributed by atoms with Gasteiger partial charge in [0, 0.05) is 30.3 Å². The maximum atomic E-state index is 14.2. The lowest BCUT2D eigenvalue weighted by molar-refractivity contribution is -0.260. The molecule has 11 atom stereocenters. The van der Waals surface area contributed by atoms with Gasteiger partial charge in [-0.15, -0.1) is 0 Å². The number of allylic oxidation sites excluding steroid dienone is 2. The third-order valence-electron chi connectivity index (χ3n) is 13.9. The molecule has 1 aromatic heterocycles. The second-order valence-corrected chi connectivity index (χ2v) is 15.7. The molecule has 0 bridgehead atoms. The fourth-order valence-corrected chi connectivity index (χ4v) is 11.7. The number of aliphatic hydroxyl groups is 1. The van der Waals surface area contributed by atoms with Crippen molar-refractivity contribution < 1.29 is 24.2 Å². The first-order valence-electron chi connectivity index (χ1n) is 16.6. The van der Waals surface area contributed by atoms with E-state index >= 15 is 0 Å². The van der Waals surface area contributed by atoms with Gasteiger partial charge in [0.05, 0.1) is 30.9 Å². The van der Waals surface area contributed by atoms with Crippen molar-refractivity contribution in [2.45, 2.75) is 111 Å². The van der Waals surface area contributed by atoms with Gasteiger partial charge in [-0.05, 0) is 99.7 Å². The van der Waals surface area contributed by atoms with Crippen molar-refractivity contribution >= 4 is 11.9 Å². The summed E-state index contributed by atoms with van der Waals surface area (Å²) in [6.45, 7) is 21.2. The zero-order valence-corrected chi connectivity index (χ0v) is 26.9. The Morgan fingerprint density at radius 2 is 1.88 bits per heavy atom. The highest BCUT2D eigenvalue weighted by molar-refractivity contribution is 5.78. The SMILES string of the molecule is C=C(C)[C@@H]1CC[C@]2(C(=O)OCCCn3ccnc3)CC[C@]3(C)[C@H](C[C@H]4OC(=O)C[C@@H](O)[C@]5(C)[C@@H]4[C@@]3(C)CC[C@H]5C(=C)C)[C@@H]12. The molecule has 0 spiro atoms. The lowest BCUT2D eigenvalue weighted by atomic mass is 9.33. The highest BCUT2D eigenvalue weighted by Crippen LogP contribution is 2.77. The summed E-state index contributed by atoms with van der Waals surface area (Å²) in [5.41, 5.74) is 0.922. The van der Waals surface area contributed by atoms with Gasteiger partial charge in [-0.1, -0.05) is 45.1 Å². The summed E-state index contributed by atoms with van der Waals surface area (Å²) in [6.07, 6.45) is 11.3. The molecule has 4 aliphatic carbocycles. The second kappa shape index (κ2) is 10.6. The van der Waals surface area contributed by atoms with E-state index in [1.807, 2.05) is 10.8 Å². The monoisotopic (exact) mass is 592 g/mol. The Hall–Kier alpha value is -2.41. The van der Waals surface area contributed by atoms with E-state index in [4.69, 9.17) is 9.47 Å². The van der Waals surface area contributed by atoms with Crippen LogP contribution in [-0.4, -0.2) is 45.4 Å². The highest BCUT2D eigenvalue weighted by atomic mass is 16.5. The van der Waals surface area contributed by atoms with Crippen LogP contribution in [0.3, 0.4) is 0 Å². The normalized spacial score (nSPS) is 45.2. The molecule has 7 nitrogen and oxygen atoms in total. The van der Waals surface area contributed by atoms with Gasteiger partial charge in [0.2, 0.25) is 0 Å². The number of aryl methyl sites for hydroxylation is 1. The molecule has 6 rings (SSSR count). The largest absolute Gasteiger partial charge is 0.465 e. The molecular formula is C36H52N2O5. The smallest absolute Gasteiger partial charge is 0.312 e. The van der Waals surface area contributed by atoms with Crippen molar-refractivity contribution in [3.05, 3.63) is 43.0 Å². The molecule has 236 valence electrons. The van der Waals surface area contributed by atoms with E-state index in [2.05, 4.69) is 52.8 Å². The number of carbonyl (C=O) groups excluding carboxylic acids is 2. The van der Waals surface area contributed by atoms with E-state index in [0.29, 0.717) is 6.61 Å². The van der Waals surface area contributed by atoms with Gasteiger partial charge in [0.15, 0.2) is 0 Å². The first-order valence-corrected chi connectivity index (χ1v) is 16.6. The second-order valence-electron chi connectivity index (χ2n) is 15.7. The van der Waals surface area contributed by atoms with Crippen LogP contribution in [0.4, 0.5) is 0 Å². The molecule has 43 heavy (non-hydrogen) atoms. The highest BCUT2D eigenvalue weighted by Gasteiger charge is 2.74. The van der Waals surface area contributed by atoms with Gasteiger partial charge in [0.25, 0.3) is 0 Å². The van der Waals surface area contributed by atoms with Crippen LogP contribution in [0.5, 0.6) is 0 Å². The standard InChI is InChI=1S/C36H52N2O5/c1-22(2)24-9-12-36(32(41)42-18-8-16-38-17-15-37-21-38)14-13-33(5)26(30(24)36)19-27-31-34(33,6)11-10-25(23(3)4)35(31,7)28(39)20-29(40)43-27/h15,17,21,24-28,30-31,39H,1,3,8-14,16,18-20H2,2,4-7H3/t24-,25-,26+,27+,28+,30+,31-,33+,34+,35+,36-/m0/s1. The summed E-state index contributed by atoms with van der Waals surface area (Å²) in [4.78, 5) is 31.5. The van der Waals surface area contributed by atoms with Crippen molar-refractivity contribution in [1.82, 2.24) is 9.55 Å². The first kappa shape index (κ1) is 30.6. The maximum Gasteiger partial charge on any atom is 0.312 e. The van der Waals surface area contributed by atoms with Crippen molar-refractivity contribution in [2.24, 2.45) is 51.2 Å². The molecule has 0 radical (unpaired) electrons. The number of hydrogen-bond donors (Lipinski definition) is 1. The Kier molecular flexibility index (Phi) is 7.54. The fraction of sp³-hybridized carbons (Fsp3) is 0.750. The Morgan fingerprint density at radius 3 is 2.56 bits per heavy atom. The molecule has 0 amide bonds. The average Bonchev–Trinajstić information content (AvgIpc) is 3.58. The number of hydrogen-bond acceptors (Lipinski definition) is 6. The molecular weight excluding hydrogens is 540 g/mol. The molecule has 1 N–H and O–H groups in total. The number of esters is 2. The first-order chi connectivity index (χ1) is 20.3. The maximum absolute atomic E-state index is 14.2. The van der Waals surface area contributed by atoms with E-state index in [0.717, 1.165) is 69.1 Å². The van der Waals surface area contributed by atoms with Crippen LogP contribution in [0.2, 0.25) is 0 Å². The molecule has 2 heterocycles. The van der Waals surface area contributed by atoms with Crippen LogP contribution in [0, 0.1) is 51.2 Å². The van der Waals surface area contributed by atoms with Gasteiger partial charge in [-0.2, -0.15) is 0 Å². The van der Waals surface area contributed by atoms with Crippen LogP contribution >= 0.6 is 0 Å². The summed E-state index contributed by atoms with van der Waals surface area (Å²) in [6, 6.07) is 0. The van der Waals surface area contributed by atoms with E-state index in [9.17, 15) is 14.7 Å². The zero-order chi connectivity index (χ0) is 30.9. The van der Waals surface area contributed by atoms with Crippen LogP contribution in [0.15, 0.2) is 43.0 Å². The zero-order valence-electron chi connectivity index (χ0n) is 26.9. The molecule has 5 fully saturated rings. The number of carbonyl (C=O) groups is 2. The summed E-state index contributed by atoms with van der Waals surface area (Å²) in [7, 11) is 0. The fourth-order valence-electron chi connectivity index (χ4n) is 11.7. The summed E-state index contributed by atoms with van der Waals surface area (Å²) < 4.78 is 14.5. The van der Waals surface area contributed by atoms with Gasteiger partial charge in [0.1, 0.15) is 6.10 Å². The Balaban J connectivity index is 1.36. The molecule has 1 saturated heterocycles. The molecule has 0 aromatic carbocycles. The predicted octanol–water partition coefficient (Wildman–Crippen LogP) is 6.52. The average molecular weight is 593 g/mol. The van der Waals surface area contributed by atoms with Crippen molar-refractivity contribution in [2.75, 3.05) is 6.61 Å². The molecule has 1 aromatic rings. The number of imidazole rings is 1. The molecule has 4 saturated carbocycles. The third-order valence-corrected chi connectivity index (χ3v) is 13.9.